The fraction of sp³-hybridized carbons (Fsp3) is 0.800. The largest absolute Gasteiger partial charge is 0.227 e. The monoisotopic (exact) mass is 195 g/mol. The van der Waals surface area contributed by atoms with Gasteiger partial charge >= 0.3 is 0 Å². The highest BCUT2D eigenvalue weighted by molar-refractivity contribution is 4.65. The Morgan fingerprint density at radius 3 is 2.64 bits per heavy atom. The maximum atomic E-state index is 3.76. The zero-order valence-corrected chi connectivity index (χ0v) is 8.89. The molecule has 0 unspecified atom stereocenters. The number of tetrazole rings is 1. The van der Waals surface area contributed by atoms with Crippen LogP contribution in [0.2, 0.25) is 0 Å². The Balaban J connectivity index is 1.85. The lowest BCUT2D eigenvalue weighted by atomic mass is 10.1. The molecule has 4 heteroatoms. The van der Waals surface area contributed by atoms with E-state index in [0.29, 0.717) is 0 Å². The number of hydrogen-bond acceptors (Lipinski definition) is 3. The third kappa shape index (κ3) is 4.94. The standard InChI is InChI=1S/C10H19N4/c1-2-3-4-5-6-7-8-9-14-10-11-12-13-14/h9-10H,2-8H2,1H3. The van der Waals surface area contributed by atoms with Crippen molar-refractivity contribution in [3.8, 4) is 0 Å². The van der Waals surface area contributed by atoms with Crippen LogP contribution < -0.4 is 0 Å². The Morgan fingerprint density at radius 1 is 1.14 bits per heavy atom. The zero-order valence-electron chi connectivity index (χ0n) is 8.89. The summed E-state index contributed by atoms with van der Waals surface area (Å²) in [5, 5.41) is 10.9. The van der Waals surface area contributed by atoms with E-state index in [1.807, 2.05) is 6.54 Å². The van der Waals surface area contributed by atoms with Crippen LogP contribution in [0.15, 0.2) is 6.33 Å². The van der Waals surface area contributed by atoms with Crippen LogP contribution in [-0.2, 0) is 0 Å². The lowest BCUT2D eigenvalue weighted by Gasteiger charge is -1.99. The van der Waals surface area contributed by atoms with Crippen LogP contribution in [0.5, 0.6) is 0 Å². The van der Waals surface area contributed by atoms with Crippen LogP contribution in [0.1, 0.15) is 51.9 Å². The molecule has 0 saturated carbocycles. The molecule has 1 heterocycles. The molecule has 1 rings (SSSR count). The van der Waals surface area contributed by atoms with Crippen molar-refractivity contribution in [1.82, 2.24) is 20.2 Å². The van der Waals surface area contributed by atoms with Gasteiger partial charge in [-0.3, -0.25) is 0 Å². The number of rotatable bonds is 8. The summed E-state index contributed by atoms with van der Waals surface area (Å²) < 4.78 is 1.67. The van der Waals surface area contributed by atoms with Crippen molar-refractivity contribution in [2.45, 2.75) is 51.9 Å². The molecule has 0 aliphatic carbocycles. The summed E-state index contributed by atoms with van der Waals surface area (Å²) in [6, 6.07) is 0. The second-order valence-corrected chi connectivity index (χ2v) is 3.53. The van der Waals surface area contributed by atoms with E-state index in [9.17, 15) is 0 Å². The molecule has 1 aromatic rings. The maximum Gasteiger partial charge on any atom is 0.138 e. The van der Waals surface area contributed by atoms with Gasteiger partial charge in [0.1, 0.15) is 6.33 Å². The molecule has 0 amide bonds. The highest BCUT2D eigenvalue weighted by atomic mass is 15.5. The van der Waals surface area contributed by atoms with Gasteiger partial charge in [0.15, 0.2) is 0 Å². The van der Waals surface area contributed by atoms with Gasteiger partial charge in [-0.15, -0.1) is 5.10 Å². The van der Waals surface area contributed by atoms with Crippen LogP contribution in [0.4, 0.5) is 0 Å². The van der Waals surface area contributed by atoms with E-state index in [0.717, 1.165) is 6.42 Å². The predicted molar refractivity (Wildman–Crippen MR) is 55.5 cm³/mol. The van der Waals surface area contributed by atoms with Gasteiger partial charge in [0.05, 0.1) is 6.54 Å². The number of nitrogens with zero attached hydrogens (tertiary/aromatic N) is 4. The van der Waals surface area contributed by atoms with Crippen LogP contribution in [-0.4, -0.2) is 20.2 Å². The molecule has 0 aliphatic heterocycles. The molecule has 0 aromatic carbocycles. The summed E-state index contributed by atoms with van der Waals surface area (Å²) in [6.07, 6.45) is 10.7. The Morgan fingerprint density at radius 2 is 1.93 bits per heavy atom. The fourth-order valence-corrected chi connectivity index (χ4v) is 1.40. The molecule has 14 heavy (non-hydrogen) atoms. The van der Waals surface area contributed by atoms with Gasteiger partial charge < -0.3 is 0 Å². The highest BCUT2D eigenvalue weighted by Crippen LogP contribution is 2.07. The lowest BCUT2D eigenvalue weighted by Crippen LogP contribution is -1.95. The first kappa shape index (κ1) is 11.1. The van der Waals surface area contributed by atoms with Gasteiger partial charge in [-0.05, 0) is 16.8 Å². The average Bonchev–Trinajstić information content (AvgIpc) is 2.69. The summed E-state index contributed by atoms with van der Waals surface area (Å²) in [4.78, 5) is 0. The van der Waals surface area contributed by atoms with Crippen LogP contribution in [0.25, 0.3) is 0 Å². The molecule has 0 aliphatic rings. The number of aromatic nitrogens is 4. The zero-order chi connectivity index (χ0) is 10.1. The molecule has 0 spiro atoms. The van der Waals surface area contributed by atoms with E-state index in [2.05, 4.69) is 22.4 Å². The first-order valence-corrected chi connectivity index (χ1v) is 5.49. The molecule has 0 bridgehead atoms. The van der Waals surface area contributed by atoms with Gasteiger partial charge in [0.2, 0.25) is 0 Å². The fourth-order valence-electron chi connectivity index (χ4n) is 1.40. The molecule has 79 valence electrons. The van der Waals surface area contributed by atoms with Gasteiger partial charge in [0, 0.05) is 0 Å². The topological polar surface area (TPSA) is 43.6 Å². The average molecular weight is 195 g/mol. The second kappa shape index (κ2) is 7.47. The molecule has 4 nitrogen and oxygen atoms in total. The van der Waals surface area contributed by atoms with E-state index < -0.39 is 0 Å². The molecule has 0 N–H and O–H groups in total. The normalized spacial score (nSPS) is 10.6. The van der Waals surface area contributed by atoms with Crippen molar-refractivity contribution in [3.63, 3.8) is 0 Å². The SMILES string of the molecule is CCCCCCCC[CH]n1cnnn1. The number of unbranched alkanes of at least 4 members (excludes halogenated alkanes) is 6. The van der Waals surface area contributed by atoms with E-state index in [1.54, 1.807) is 11.0 Å². The predicted octanol–water partition coefficient (Wildman–Crippen LogP) is 2.43. The first-order valence-electron chi connectivity index (χ1n) is 5.49. The lowest BCUT2D eigenvalue weighted by molar-refractivity contribution is 0.587. The van der Waals surface area contributed by atoms with Crippen molar-refractivity contribution in [3.05, 3.63) is 12.9 Å². The molecule has 1 aromatic heterocycles. The van der Waals surface area contributed by atoms with Crippen molar-refractivity contribution >= 4 is 0 Å². The molecule has 1 radical (unpaired) electrons. The minimum absolute atomic E-state index is 1.07. The third-order valence-electron chi connectivity index (χ3n) is 2.24. The van der Waals surface area contributed by atoms with Crippen LogP contribution >= 0.6 is 0 Å². The van der Waals surface area contributed by atoms with E-state index >= 15 is 0 Å². The second-order valence-electron chi connectivity index (χ2n) is 3.53. The molecular formula is C10H19N4. The van der Waals surface area contributed by atoms with Gasteiger partial charge in [-0.25, -0.2) is 4.68 Å². The van der Waals surface area contributed by atoms with Crippen molar-refractivity contribution in [2.75, 3.05) is 0 Å². The summed E-state index contributed by atoms with van der Waals surface area (Å²) in [7, 11) is 0. The summed E-state index contributed by atoms with van der Waals surface area (Å²) in [5.41, 5.74) is 0. The molecule has 0 saturated heterocycles. The Hall–Kier alpha value is -0.930. The number of hydrogen-bond donors (Lipinski definition) is 0. The summed E-state index contributed by atoms with van der Waals surface area (Å²) >= 11 is 0. The minimum Gasteiger partial charge on any atom is -0.227 e. The highest BCUT2D eigenvalue weighted by Gasteiger charge is 1.94. The van der Waals surface area contributed by atoms with Crippen LogP contribution in [0.3, 0.4) is 0 Å². The molecular weight excluding hydrogens is 176 g/mol. The summed E-state index contributed by atoms with van der Waals surface area (Å²) in [6.45, 7) is 4.27. The van der Waals surface area contributed by atoms with Crippen molar-refractivity contribution in [1.29, 1.82) is 0 Å². The van der Waals surface area contributed by atoms with Gasteiger partial charge in [-0.1, -0.05) is 45.4 Å². The van der Waals surface area contributed by atoms with E-state index in [1.165, 1.54) is 38.5 Å². The minimum atomic E-state index is 1.07. The maximum absolute atomic E-state index is 3.76. The Kier molecular flexibility index (Phi) is 5.95. The van der Waals surface area contributed by atoms with Crippen LogP contribution in [0, 0.1) is 6.54 Å². The van der Waals surface area contributed by atoms with E-state index in [4.69, 9.17) is 0 Å². The Bertz CT molecular complexity index is 208. The quantitative estimate of drug-likeness (QED) is 0.598. The Labute approximate surface area is 85.7 Å². The van der Waals surface area contributed by atoms with E-state index in [-0.39, 0.29) is 0 Å². The van der Waals surface area contributed by atoms with Gasteiger partial charge in [0.25, 0.3) is 0 Å². The van der Waals surface area contributed by atoms with Crippen molar-refractivity contribution in [2.24, 2.45) is 0 Å². The van der Waals surface area contributed by atoms with Gasteiger partial charge in [-0.2, -0.15) is 0 Å². The first-order chi connectivity index (χ1) is 6.93. The summed E-state index contributed by atoms with van der Waals surface area (Å²) in [5.74, 6) is 0. The smallest absolute Gasteiger partial charge is 0.138 e. The molecule has 0 fully saturated rings. The van der Waals surface area contributed by atoms with Crippen molar-refractivity contribution < 1.29 is 0 Å². The third-order valence-corrected chi connectivity index (χ3v) is 2.24. The molecule has 0 atom stereocenters.